The Morgan fingerprint density at radius 3 is 3.23 bits per heavy atom. The van der Waals surface area contributed by atoms with E-state index in [1.165, 1.54) is 6.07 Å². The summed E-state index contributed by atoms with van der Waals surface area (Å²) in [6.07, 6.45) is -0.831. The minimum Gasteiger partial charge on any atom is -0.384 e. The van der Waals surface area contributed by atoms with Crippen LogP contribution in [0.2, 0.25) is 0 Å². The fourth-order valence-electron chi connectivity index (χ4n) is 0.922. The van der Waals surface area contributed by atoms with E-state index in [4.69, 9.17) is 12.6 Å². The first-order valence-corrected chi connectivity index (χ1v) is 3.60. The fourth-order valence-corrected chi connectivity index (χ4v) is 0.922. The molecule has 0 unspecified atom stereocenters. The smallest absolute Gasteiger partial charge is 0.155 e. The van der Waals surface area contributed by atoms with Gasteiger partial charge in [-0.15, -0.1) is 0 Å². The Labute approximate surface area is 83.0 Å². The molecule has 0 aliphatic carbocycles. The van der Waals surface area contributed by atoms with Crippen LogP contribution in [-0.2, 0) is 0 Å². The molecule has 66 valence electrons. The molecule has 0 amide bonds. The first-order chi connectivity index (χ1) is 8.30. The Morgan fingerprint density at radius 1 is 1.62 bits per heavy atom. The van der Waals surface area contributed by atoms with Gasteiger partial charge in [0.2, 0.25) is 0 Å². The predicted molar refractivity (Wildman–Crippen MR) is 50.5 cm³/mol. The van der Waals surface area contributed by atoms with Gasteiger partial charge in [-0.1, -0.05) is 6.07 Å². The zero-order chi connectivity index (χ0) is 13.5. The molecule has 0 aliphatic heterocycles. The molecular weight excluding hydrogens is 164 g/mol. The summed E-state index contributed by atoms with van der Waals surface area (Å²) >= 11 is 0. The first kappa shape index (κ1) is 3.91. The Hall–Kier alpha value is -1.84. The molecule has 0 saturated carbocycles. The predicted octanol–water partition coefficient (Wildman–Crippen LogP) is 1.16. The molecule has 0 saturated heterocycles. The molecule has 2 aromatic rings. The average molecular weight is 179 g/mol. The lowest BCUT2D eigenvalue weighted by Crippen LogP contribution is -1.99. The van der Waals surface area contributed by atoms with Gasteiger partial charge >= 0.3 is 0 Å². The van der Waals surface area contributed by atoms with Crippen molar-refractivity contribution in [3.05, 3.63) is 36.1 Å². The highest BCUT2D eigenvalue weighted by atomic mass is 15.3. The van der Waals surface area contributed by atoms with Crippen LogP contribution in [0.25, 0.3) is 5.82 Å². The van der Waals surface area contributed by atoms with Gasteiger partial charge in [-0.05, 0) is 24.5 Å². The van der Waals surface area contributed by atoms with E-state index in [0.29, 0.717) is 0 Å². The number of hydrogen-bond donors (Lipinski definition) is 1. The molecule has 0 aliphatic rings. The number of pyridine rings is 1. The maximum Gasteiger partial charge on any atom is 0.155 e. The molecule has 0 atom stereocenters. The molecule has 2 aromatic heterocycles. The van der Waals surface area contributed by atoms with Crippen LogP contribution in [0.15, 0.2) is 30.5 Å². The molecule has 0 fully saturated rings. The van der Waals surface area contributed by atoms with Crippen LogP contribution < -0.4 is 5.73 Å². The second-order valence-corrected chi connectivity index (χ2v) is 2.43. The van der Waals surface area contributed by atoms with E-state index in [-0.39, 0.29) is 17.8 Å². The number of hydrogen-bond acceptors (Lipinski definition) is 3. The average Bonchev–Trinajstić information content (AvgIpc) is 2.53. The highest BCUT2D eigenvalue weighted by Crippen LogP contribution is 2.06. The van der Waals surface area contributed by atoms with Crippen molar-refractivity contribution in [2.45, 2.75) is 6.85 Å². The zero-order valence-corrected chi connectivity index (χ0v) is 6.65. The highest BCUT2D eigenvalue weighted by molar-refractivity contribution is 5.34. The fraction of sp³-hybridized carbons (Fsp3) is 0.111. The number of nitrogens with two attached hydrogens (primary N) is 1. The number of aromatic nitrogens is 3. The second-order valence-electron chi connectivity index (χ2n) is 2.43. The molecular formula is C9H10N4. The van der Waals surface area contributed by atoms with Crippen molar-refractivity contribution in [2.75, 3.05) is 5.73 Å². The molecule has 13 heavy (non-hydrogen) atoms. The summed E-state index contributed by atoms with van der Waals surface area (Å²) in [4.78, 5) is 3.93. The maximum absolute atomic E-state index is 7.77. The maximum atomic E-state index is 7.77. The van der Waals surface area contributed by atoms with E-state index in [9.17, 15) is 0 Å². The van der Waals surface area contributed by atoms with Crippen LogP contribution in [0.3, 0.4) is 0 Å². The first-order valence-electron chi connectivity index (χ1n) is 6.10. The van der Waals surface area contributed by atoms with E-state index >= 15 is 0 Å². The third-order valence-electron chi connectivity index (χ3n) is 1.45. The van der Waals surface area contributed by atoms with E-state index in [0.717, 1.165) is 4.68 Å². The van der Waals surface area contributed by atoms with Gasteiger partial charge in [-0.3, -0.25) is 0 Å². The van der Waals surface area contributed by atoms with Gasteiger partial charge in [0.05, 0.1) is 8.91 Å². The largest absolute Gasteiger partial charge is 0.384 e. The molecule has 2 N–H and O–H groups in total. The van der Waals surface area contributed by atoms with Crippen LogP contribution in [-0.4, -0.2) is 14.8 Å². The van der Waals surface area contributed by atoms with Crippen LogP contribution >= 0.6 is 0 Å². The number of rotatable bonds is 1. The van der Waals surface area contributed by atoms with Gasteiger partial charge in [0.25, 0.3) is 0 Å². The Kier molecular flexibility index (Phi) is 0.871. The molecule has 0 spiro atoms. The standard InChI is InChI=1S/C9H10N4/c1-7-5-11-13(6-7)9-4-2-3-8(10)12-9/h2-6H,1H3,(H2,10,12)/i1D3,5D,6D. The summed E-state index contributed by atoms with van der Waals surface area (Å²) in [6.45, 7) is -2.55. The molecule has 0 aromatic carbocycles. The summed E-state index contributed by atoms with van der Waals surface area (Å²) in [7, 11) is 0. The van der Waals surface area contributed by atoms with E-state index in [2.05, 4.69) is 10.1 Å². The molecule has 2 heterocycles. The van der Waals surface area contributed by atoms with Gasteiger partial charge in [-0.2, -0.15) is 5.10 Å². The van der Waals surface area contributed by atoms with Crippen LogP contribution in [0.4, 0.5) is 5.82 Å². The quantitative estimate of drug-likeness (QED) is 0.714. The van der Waals surface area contributed by atoms with Gasteiger partial charge < -0.3 is 5.73 Å². The van der Waals surface area contributed by atoms with Gasteiger partial charge in [0, 0.05) is 10.3 Å². The second kappa shape index (κ2) is 2.90. The van der Waals surface area contributed by atoms with E-state index in [1.807, 2.05) is 0 Å². The molecule has 4 nitrogen and oxygen atoms in total. The Bertz CT molecular complexity index is 589. The third-order valence-corrected chi connectivity index (χ3v) is 1.45. The monoisotopic (exact) mass is 179 g/mol. The Balaban J connectivity index is 2.61. The van der Waals surface area contributed by atoms with Crippen molar-refractivity contribution in [1.29, 1.82) is 0 Å². The number of nitrogens with zero attached hydrogens (tertiary/aromatic N) is 3. The van der Waals surface area contributed by atoms with E-state index < -0.39 is 18.6 Å². The summed E-state index contributed by atoms with van der Waals surface area (Å²) < 4.78 is 38.1. The summed E-state index contributed by atoms with van der Waals surface area (Å²) in [5.74, 6) is 0.438. The SMILES string of the molecule is [2H]c1nn(-c2cccc(N)n2)c([2H])c1C([2H])([2H])[2H]. The minimum absolute atomic E-state index is 0.212. The molecule has 0 bridgehead atoms. The minimum atomic E-state index is -2.55. The van der Waals surface area contributed by atoms with Gasteiger partial charge in [0.15, 0.2) is 5.82 Å². The molecule has 0 radical (unpaired) electrons. The van der Waals surface area contributed by atoms with Crippen molar-refractivity contribution < 1.29 is 6.85 Å². The van der Waals surface area contributed by atoms with Crippen LogP contribution in [0.1, 0.15) is 12.4 Å². The lowest BCUT2D eigenvalue weighted by Gasteiger charge is -1.99. The highest BCUT2D eigenvalue weighted by Gasteiger charge is 1.98. The molecule has 4 heteroatoms. The lowest BCUT2D eigenvalue weighted by molar-refractivity contribution is 0.848. The van der Waals surface area contributed by atoms with Crippen molar-refractivity contribution in [2.24, 2.45) is 0 Å². The normalized spacial score (nSPS) is 16.8. The third kappa shape index (κ3) is 1.51. The van der Waals surface area contributed by atoms with Crippen molar-refractivity contribution in [1.82, 2.24) is 14.8 Å². The number of anilines is 1. The lowest BCUT2D eigenvalue weighted by atomic mass is 10.4. The summed E-state index contributed by atoms with van der Waals surface area (Å²) in [5, 5.41) is 3.71. The van der Waals surface area contributed by atoms with Gasteiger partial charge in [-0.25, -0.2) is 9.67 Å². The molecule has 2 rings (SSSR count). The summed E-state index contributed by atoms with van der Waals surface area (Å²) in [6, 6.07) is 4.70. The topological polar surface area (TPSA) is 56.7 Å². The van der Waals surface area contributed by atoms with Crippen molar-refractivity contribution in [3.8, 4) is 5.82 Å². The zero-order valence-electron chi connectivity index (χ0n) is 11.7. The van der Waals surface area contributed by atoms with Crippen molar-refractivity contribution in [3.63, 3.8) is 0 Å². The number of nitrogen functional groups attached to an aromatic ring is 1. The van der Waals surface area contributed by atoms with Crippen molar-refractivity contribution >= 4 is 5.82 Å². The van der Waals surface area contributed by atoms with E-state index in [1.54, 1.807) is 12.1 Å². The summed E-state index contributed by atoms with van der Waals surface area (Å²) in [5.41, 5.74) is 5.11. The van der Waals surface area contributed by atoms with Crippen LogP contribution in [0.5, 0.6) is 0 Å². The Morgan fingerprint density at radius 2 is 2.54 bits per heavy atom. The van der Waals surface area contributed by atoms with Crippen LogP contribution in [0, 0.1) is 6.85 Å². The van der Waals surface area contributed by atoms with Gasteiger partial charge in [0.1, 0.15) is 5.82 Å².